The molecule has 2 nitrogen and oxygen atoms in total. The smallest absolute Gasteiger partial charge is 0.126 e. The van der Waals surface area contributed by atoms with Crippen LogP contribution in [-0.2, 0) is 4.79 Å². The van der Waals surface area contributed by atoms with E-state index in [1.54, 1.807) is 0 Å². The Labute approximate surface area is 71.8 Å². The number of carbonyl (C=O) groups excluding carboxylic acids is 1. The molecule has 0 saturated heterocycles. The first-order chi connectivity index (χ1) is 5.72. The van der Waals surface area contributed by atoms with Gasteiger partial charge in [0.15, 0.2) is 0 Å². The number of hydrogen-bond donors (Lipinski definition) is 1. The zero-order valence-electron chi connectivity index (χ0n) is 7.13. The van der Waals surface area contributed by atoms with Crippen LogP contribution in [0.1, 0.15) is 32.1 Å². The molecule has 0 aromatic heterocycles. The maximum atomic E-state index is 12.0. The molecule has 1 unspecified atom stereocenters. The third-order valence-corrected chi connectivity index (χ3v) is 2.67. The Kier molecular flexibility index (Phi) is 3.20. The number of aliphatic hydroxyl groups is 1. The topological polar surface area (TPSA) is 37.3 Å². The second-order valence-electron chi connectivity index (χ2n) is 3.70. The standard InChI is InChI=1S/C9H15FO2/c10-6-8(12)5-9(7-11)3-1-2-4-9/h7-8,12H,1-6H2. The van der Waals surface area contributed by atoms with Crippen LogP contribution in [0, 0.1) is 5.41 Å². The molecule has 1 fully saturated rings. The van der Waals surface area contributed by atoms with Crippen molar-refractivity contribution in [2.45, 2.75) is 38.2 Å². The van der Waals surface area contributed by atoms with Crippen molar-refractivity contribution in [2.24, 2.45) is 5.41 Å². The second kappa shape index (κ2) is 3.99. The number of rotatable bonds is 4. The quantitative estimate of drug-likeness (QED) is 0.655. The summed E-state index contributed by atoms with van der Waals surface area (Å²) in [5.74, 6) is 0. The number of aliphatic hydroxyl groups excluding tert-OH is 1. The summed E-state index contributed by atoms with van der Waals surface area (Å²) in [5.41, 5.74) is -0.411. The minimum Gasteiger partial charge on any atom is -0.390 e. The fourth-order valence-electron chi connectivity index (χ4n) is 1.97. The summed E-state index contributed by atoms with van der Waals surface area (Å²) in [5, 5.41) is 9.08. The van der Waals surface area contributed by atoms with Crippen molar-refractivity contribution in [3.8, 4) is 0 Å². The third kappa shape index (κ3) is 2.03. The molecule has 1 rings (SSSR count). The fraction of sp³-hybridized carbons (Fsp3) is 0.889. The van der Waals surface area contributed by atoms with Crippen molar-refractivity contribution in [3.05, 3.63) is 0 Å². The largest absolute Gasteiger partial charge is 0.390 e. The highest BCUT2D eigenvalue weighted by molar-refractivity contribution is 5.59. The van der Waals surface area contributed by atoms with E-state index in [9.17, 15) is 9.18 Å². The Morgan fingerprint density at radius 2 is 2.08 bits per heavy atom. The molecule has 1 aliphatic carbocycles. The van der Waals surface area contributed by atoms with Crippen LogP contribution in [-0.4, -0.2) is 24.2 Å². The summed E-state index contributed by atoms with van der Waals surface area (Å²) in [6, 6.07) is 0. The molecule has 0 radical (unpaired) electrons. The first kappa shape index (κ1) is 9.65. The molecule has 0 spiro atoms. The van der Waals surface area contributed by atoms with Crippen LogP contribution in [0.4, 0.5) is 4.39 Å². The van der Waals surface area contributed by atoms with Crippen LogP contribution in [0.15, 0.2) is 0 Å². The van der Waals surface area contributed by atoms with Crippen molar-refractivity contribution < 1.29 is 14.3 Å². The molecule has 0 aromatic rings. The summed E-state index contributed by atoms with van der Waals surface area (Å²) in [4.78, 5) is 10.7. The molecule has 1 atom stereocenters. The molecule has 0 amide bonds. The van der Waals surface area contributed by atoms with Crippen LogP contribution in [0.5, 0.6) is 0 Å². The van der Waals surface area contributed by atoms with Gasteiger partial charge >= 0.3 is 0 Å². The molecule has 0 heterocycles. The lowest BCUT2D eigenvalue weighted by Gasteiger charge is -2.23. The lowest BCUT2D eigenvalue weighted by atomic mass is 9.82. The van der Waals surface area contributed by atoms with Crippen molar-refractivity contribution in [2.75, 3.05) is 6.67 Å². The van der Waals surface area contributed by atoms with Crippen LogP contribution < -0.4 is 0 Å². The molecule has 1 saturated carbocycles. The van der Waals surface area contributed by atoms with Crippen molar-refractivity contribution in [3.63, 3.8) is 0 Å². The van der Waals surface area contributed by atoms with Gasteiger partial charge in [0.1, 0.15) is 13.0 Å². The summed E-state index contributed by atoms with van der Waals surface area (Å²) in [6.07, 6.45) is 3.93. The number of carbonyl (C=O) groups is 1. The molecule has 0 aliphatic heterocycles. The Morgan fingerprint density at radius 3 is 2.50 bits per heavy atom. The molecule has 70 valence electrons. The van der Waals surface area contributed by atoms with Crippen molar-refractivity contribution in [1.82, 2.24) is 0 Å². The van der Waals surface area contributed by atoms with Crippen LogP contribution in [0.25, 0.3) is 0 Å². The zero-order chi connectivity index (χ0) is 9.03. The van der Waals surface area contributed by atoms with E-state index < -0.39 is 18.2 Å². The van der Waals surface area contributed by atoms with Crippen molar-refractivity contribution in [1.29, 1.82) is 0 Å². The fourth-order valence-corrected chi connectivity index (χ4v) is 1.97. The third-order valence-electron chi connectivity index (χ3n) is 2.67. The summed E-state index contributed by atoms with van der Waals surface area (Å²) >= 11 is 0. The summed E-state index contributed by atoms with van der Waals surface area (Å²) in [6.45, 7) is -0.740. The normalized spacial score (nSPS) is 23.8. The van der Waals surface area contributed by atoms with Gasteiger partial charge in [-0.15, -0.1) is 0 Å². The first-order valence-electron chi connectivity index (χ1n) is 4.43. The van der Waals surface area contributed by atoms with Gasteiger partial charge in [-0.2, -0.15) is 0 Å². The van der Waals surface area contributed by atoms with Gasteiger partial charge in [-0.3, -0.25) is 0 Å². The van der Waals surface area contributed by atoms with E-state index in [1.807, 2.05) is 0 Å². The molecular weight excluding hydrogens is 159 g/mol. The van der Waals surface area contributed by atoms with Gasteiger partial charge in [-0.05, 0) is 19.3 Å². The second-order valence-corrected chi connectivity index (χ2v) is 3.70. The average molecular weight is 174 g/mol. The number of halogens is 1. The lowest BCUT2D eigenvalue weighted by molar-refractivity contribution is -0.117. The Balaban J connectivity index is 2.49. The highest BCUT2D eigenvalue weighted by Crippen LogP contribution is 2.39. The molecule has 1 N–H and O–H groups in total. The molecule has 0 aromatic carbocycles. The monoisotopic (exact) mass is 174 g/mol. The summed E-state index contributed by atoms with van der Waals surface area (Å²) in [7, 11) is 0. The van der Waals surface area contributed by atoms with E-state index in [-0.39, 0.29) is 0 Å². The maximum absolute atomic E-state index is 12.0. The number of alkyl halides is 1. The molecule has 1 aliphatic rings. The lowest BCUT2D eigenvalue weighted by Crippen LogP contribution is -2.26. The van der Waals surface area contributed by atoms with E-state index in [0.717, 1.165) is 32.0 Å². The SMILES string of the molecule is O=CC1(CC(O)CF)CCCC1. The highest BCUT2D eigenvalue weighted by Gasteiger charge is 2.35. The molecule has 12 heavy (non-hydrogen) atoms. The van der Waals surface area contributed by atoms with E-state index in [1.165, 1.54) is 0 Å². The first-order valence-corrected chi connectivity index (χ1v) is 4.43. The average Bonchev–Trinajstić information content (AvgIpc) is 2.54. The highest BCUT2D eigenvalue weighted by atomic mass is 19.1. The van der Waals surface area contributed by atoms with Crippen LogP contribution >= 0.6 is 0 Å². The van der Waals surface area contributed by atoms with Gasteiger partial charge in [0.2, 0.25) is 0 Å². The molecular formula is C9H15FO2. The van der Waals surface area contributed by atoms with E-state index >= 15 is 0 Å². The van der Waals surface area contributed by atoms with E-state index in [0.29, 0.717) is 6.42 Å². The van der Waals surface area contributed by atoms with E-state index in [4.69, 9.17) is 5.11 Å². The van der Waals surface area contributed by atoms with Crippen molar-refractivity contribution >= 4 is 6.29 Å². The summed E-state index contributed by atoms with van der Waals surface area (Å²) < 4.78 is 12.0. The number of aldehydes is 1. The zero-order valence-corrected chi connectivity index (χ0v) is 7.13. The van der Waals surface area contributed by atoms with Gasteiger partial charge < -0.3 is 9.90 Å². The van der Waals surface area contributed by atoms with Gasteiger partial charge in [0.25, 0.3) is 0 Å². The predicted molar refractivity (Wildman–Crippen MR) is 43.6 cm³/mol. The molecule has 3 heteroatoms. The van der Waals surface area contributed by atoms with E-state index in [2.05, 4.69) is 0 Å². The number of hydrogen-bond acceptors (Lipinski definition) is 2. The van der Waals surface area contributed by atoms with Gasteiger partial charge in [-0.1, -0.05) is 12.8 Å². The van der Waals surface area contributed by atoms with Gasteiger partial charge in [0.05, 0.1) is 6.10 Å². The maximum Gasteiger partial charge on any atom is 0.126 e. The minimum atomic E-state index is -0.951. The van der Waals surface area contributed by atoms with Crippen LogP contribution in [0.2, 0.25) is 0 Å². The minimum absolute atomic E-state index is 0.299. The van der Waals surface area contributed by atoms with Crippen LogP contribution in [0.3, 0.4) is 0 Å². The Bertz CT molecular complexity index is 153. The Morgan fingerprint density at radius 1 is 1.50 bits per heavy atom. The van der Waals surface area contributed by atoms with Gasteiger partial charge in [0, 0.05) is 5.41 Å². The van der Waals surface area contributed by atoms with Gasteiger partial charge in [-0.25, -0.2) is 4.39 Å². The predicted octanol–water partition coefficient (Wildman–Crippen LogP) is 1.47. The Hall–Kier alpha value is -0.440. The molecule has 0 bridgehead atoms.